The van der Waals surface area contributed by atoms with Crippen molar-refractivity contribution in [2.24, 2.45) is 0 Å². The van der Waals surface area contributed by atoms with Crippen molar-refractivity contribution in [3.05, 3.63) is 59.1 Å². The molecule has 9 heteroatoms. The van der Waals surface area contributed by atoms with Crippen LogP contribution in [0, 0.1) is 0 Å². The Morgan fingerprint density at radius 2 is 1.94 bits per heavy atom. The molecule has 174 valence electrons. The average molecular weight is 487 g/mol. The third-order valence-electron chi connectivity index (χ3n) is 5.28. The average Bonchev–Trinajstić information content (AvgIpc) is 3.28. The van der Waals surface area contributed by atoms with E-state index in [1.54, 1.807) is 24.1 Å². The SMILES string of the molecule is CCC(C)N(CCC(=O)Nc1nnc(-c2cccc(Cl)c2)s1)C(=O)Cc1ccc(OC)cc1. The Balaban J connectivity index is 1.57. The lowest BCUT2D eigenvalue weighted by Gasteiger charge is -2.28. The molecule has 0 saturated heterocycles. The van der Waals surface area contributed by atoms with Crippen LogP contribution in [0.4, 0.5) is 5.13 Å². The Labute approximate surface area is 202 Å². The number of nitrogens with zero attached hydrogens (tertiary/aromatic N) is 3. The van der Waals surface area contributed by atoms with Gasteiger partial charge in [0, 0.05) is 29.6 Å². The van der Waals surface area contributed by atoms with Gasteiger partial charge in [-0.1, -0.05) is 54.1 Å². The predicted molar refractivity (Wildman–Crippen MR) is 132 cm³/mol. The molecule has 0 fully saturated rings. The van der Waals surface area contributed by atoms with Crippen LogP contribution >= 0.6 is 22.9 Å². The highest BCUT2D eigenvalue weighted by Gasteiger charge is 2.20. The molecule has 0 saturated carbocycles. The fraction of sp³-hybridized carbons (Fsp3) is 0.333. The van der Waals surface area contributed by atoms with E-state index in [2.05, 4.69) is 15.5 Å². The van der Waals surface area contributed by atoms with E-state index in [-0.39, 0.29) is 30.7 Å². The minimum Gasteiger partial charge on any atom is -0.497 e. The van der Waals surface area contributed by atoms with E-state index in [4.69, 9.17) is 16.3 Å². The molecule has 3 aromatic rings. The number of amides is 2. The fourth-order valence-electron chi connectivity index (χ4n) is 3.25. The van der Waals surface area contributed by atoms with Gasteiger partial charge in [-0.05, 0) is 43.2 Å². The summed E-state index contributed by atoms with van der Waals surface area (Å²) in [4.78, 5) is 27.3. The fourth-order valence-corrected chi connectivity index (χ4v) is 4.19. The van der Waals surface area contributed by atoms with Crippen LogP contribution in [0.15, 0.2) is 48.5 Å². The molecule has 1 unspecified atom stereocenters. The molecule has 7 nitrogen and oxygen atoms in total. The minimum atomic E-state index is -0.214. The van der Waals surface area contributed by atoms with Gasteiger partial charge in [0.15, 0.2) is 0 Å². The molecule has 0 spiro atoms. The van der Waals surface area contributed by atoms with Gasteiger partial charge >= 0.3 is 0 Å². The van der Waals surface area contributed by atoms with Gasteiger partial charge in [-0.25, -0.2) is 0 Å². The highest BCUT2D eigenvalue weighted by molar-refractivity contribution is 7.18. The van der Waals surface area contributed by atoms with Crippen molar-refractivity contribution < 1.29 is 14.3 Å². The number of carbonyl (C=O) groups excluding carboxylic acids is 2. The summed E-state index contributed by atoms with van der Waals surface area (Å²) in [6.45, 7) is 4.35. The molecule has 1 heterocycles. The monoisotopic (exact) mass is 486 g/mol. The smallest absolute Gasteiger partial charge is 0.227 e. The number of nitrogens with one attached hydrogen (secondary N) is 1. The van der Waals surface area contributed by atoms with Crippen LogP contribution in [-0.4, -0.2) is 46.6 Å². The summed E-state index contributed by atoms with van der Waals surface area (Å²) in [7, 11) is 1.61. The van der Waals surface area contributed by atoms with Crippen LogP contribution < -0.4 is 10.1 Å². The summed E-state index contributed by atoms with van der Waals surface area (Å²) < 4.78 is 5.17. The third-order valence-corrected chi connectivity index (χ3v) is 6.40. The maximum absolute atomic E-state index is 13.0. The standard InChI is InChI=1S/C24H27ClN4O3S/c1-4-16(2)29(22(31)14-17-8-10-20(32-3)11-9-17)13-12-21(30)26-24-28-27-23(33-24)18-6-5-7-19(25)15-18/h5-11,15-16H,4,12-14H2,1-3H3,(H,26,28,30). The Hall–Kier alpha value is -2.97. The van der Waals surface area contributed by atoms with Gasteiger partial charge in [0.2, 0.25) is 16.9 Å². The van der Waals surface area contributed by atoms with Crippen molar-refractivity contribution in [2.45, 2.75) is 39.2 Å². The van der Waals surface area contributed by atoms with Gasteiger partial charge in [0.25, 0.3) is 0 Å². The third kappa shape index (κ3) is 7.00. The maximum atomic E-state index is 13.0. The maximum Gasteiger partial charge on any atom is 0.227 e. The van der Waals surface area contributed by atoms with Crippen LogP contribution in [0.3, 0.4) is 0 Å². The first-order chi connectivity index (χ1) is 15.9. The zero-order valence-electron chi connectivity index (χ0n) is 18.9. The van der Waals surface area contributed by atoms with Crippen LogP contribution in [-0.2, 0) is 16.0 Å². The second kappa shape index (κ2) is 11.8. The number of hydrogen-bond donors (Lipinski definition) is 1. The van der Waals surface area contributed by atoms with E-state index < -0.39 is 0 Å². The van der Waals surface area contributed by atoms with Crippen molar-refractivity contribution >= 4 is 39.9 Å². The van der Waals surface area contributed by atoms with Gasteiger partial charge in [-0.15, -0.1) is 10.2 Å². The molecule has 2 amide bonds. The summed E-state index contributed by atoms with van der Waals surface area (Å²) in [5, 5.41) is 12.6. The Bertz CT molecular complexity index is 1090. The van der Waals surface area contributed by atoms with Gasteiger partial charge in [-0.2, -0.15) is 0 Å². The normalized spacial score (nSPS) is 11.6. The Morgan fingerprint density at radius 3 is 2.61 bits per heavy atom. The van der Waals surface area contributed by atoms with Gasteiger partial charge in [0.05, 0.1) is 13.5 Å². The van der Waals surface area contributed by atoms with Crippen LogP contribution in [0.5, 0.6) is 5.75 Å². The molecule has 1 N–H and O–H groups in total. The highest BCUT2D eigenvalue weighted by atomic mass is 35.5. The van der Waals surface area contributed by atoms with E-state index in [0.29, 0.717) is 21.7 Å². The molecule has 33 heavy (non-hydrogen) atoms. The highest BCUT2D eigenvalue weighted by Crippen LogP contribution is 2.28. The first kappa shape index (κ1) is 24.7. The zero-order valence-corrected chi connectivity index (χ0v) is 20.4. The van der Waals surface area contributed by atoms with Crippen molar-refractivity contribution in [2.75, 3.05) is 19.0 Å². The lowest BCUT2D eigenvalue weighted by atomic mass is 10.1. The number of benzene rings is 2. The summed E-state index contributed by atoms with van der Waals surface area (Å²) in [5.41, 5.74) is 1.74. The number of aromatic nitrogens is 2. The summed E-state index contributed by atoms with van der Waals surface area (Å²) in [6.07, 6.45) is 1.25. The van der Waals surface area contributed by atoms with Gasteiger partial charge in [-0.3, -0.25) is 9.59 Å². The molecule has 1 aromatic heterocycles. The molecule has 0 bridgehead atoms. The summed E-state index contributed by atoms with van der Waals surface area (Å²) in [5.74, 6) is 0.521. The van der Waals surface area contributed by atoms with Crippen molar-refractivity contribution in [1.82, 2.24) is 15.1 Å². The molecular weight excluding hydrogens is 460 g/mol. The lowest BCUT2D eigenvalue weighted by Crippen LogP contribution is -2.41. The Morgan fingerprint density at radius 1 is 1.18 bits per heavy atom. The number of carbonyl (C=O) groups is 2. The number of hydrogen-bond acceptors (Lipinski definition) is 6. The number of anilines is 1. The van der Waals surface area contributed by atoms with E-state index in [0.717, 1.165) is 23.3 Å². The number of halogens is 1. The van der Waals surface area contributed by atoms with Crippen molar-refractivity contribution in [1.29, 1.82) is 0 Å². The summed E-state index contributed by atoms with van der Waals surface area (Å²) >= 11 is 7.31. The lowest BCUT2D eigenvalue weighted by molar-refractivity contribution is -0.133. The second-order valence-corrected chi connectivity index (χ2v) is 9.00. The molecular formula is C24H27ClN4O3S. The first-order valence-electron chi connectivity index (χ1n) is 10.7. The number of ether oxygens (including phenoxy) is 1. The summed E-state index contributed by atoms with van der Waals surface area (Å²) in [6, 6.07) is 14.8. The van der Waals surface area contributed by atoms with Crippen LogP contribution in [0.25, 0.3) is 10.6 Å². The van der Waals surface area contributed by atoms with Crippen molar-refractivity contribution in [3.8, 4) is 16.3 Å². The largest absolute Gasteiger partial charge is 0.497 e. The predicted octanol–water partition coefficient (Wildman–Crippen LogP) is 5.07. The van der Waals surface area contributed by atoms with E-state index >= 15 is 0 Å². The quantitative estimate of drug-likeness (QED) is 0.432. The van der Waals surface area contributed by atoms with Gasteiger partial charge < -0.3 is 15.0 Å². The molecule has 0 aliphatic carbocycles. The van der Waals surface area contributed by atoms with Crippen LogP contribution in [0.1, 0.15) is 32.3 Å². The first-order valence-corrected chi connectivity index (χ1v) is 11.9. The number of methoxy groups -OCH3 is 1. The van der Waals surface area contributed by atoms with Gasteiger partial charge in [0.1, 0.15) is 10.8 Å². The minimum absolute atomic E-state index is 0.0125. The molecule has 0 aliphatic rings. The van der Waals surface area contributed by atoms with E-state index in [9.17, 15) is 9.59 Å². The molecule has 1 atom stereocenters. The van der Waals surface area contributed by atoms with E-state index in [1.165, 1.54) is 11.3 Å². The number of rotatable bonds is 10. The van der Waals surface area contributed by atoms with E-state index in [1.807, 2.05) is 50.2 Å². The van der Waals surface area contributed by atoms with Crippen LogP contribution in [0.2, 0.25) is 5.02 Å². The second-order valence-electron chi connectivity index (χ2n) is 7.59. The Kier molecular flexibility index (Phi) is 8.79. The zero-order chi connectivity index (χ0) is 23.8. The molecule has 0 aliphatic heterocycles. The topological polar surface area (TPSA) is 84.4 Å². The molecule has 2 aromatic carbocycles. The molecule has 0 radical (unpaired) electrons. The molecule has 3 rings (SSSR count). The van der Waals surface area contributed by atoms with Crippen molar-refractivity contribution in [3.63, 3.8) is 0 Å².